The molecule has 0 aliphatic carbocycles. The molecule has 2 nitrogen and oxygen atoms in total. The van der Waals surface area contributed by atoms with Crippen molar-refractivity contribution in [3.8, 4) is 5.75 Å². The molecular weight excluding hydrogens is 353 g/mol. The maximum absolute atomic E-state index is 5.82. The summed E-state index contributed by atoms with van der Waals surface area (Å²) in [5.74, 6) is 2.41. The largest absolute Gasteiger partial charge is 0.552 e. The lowest BCUT2D eigenvalue weighted by Crippen LogP contribution is -2.11. The van der Waals surface area contributed by atoms with Gasteiger partial charge in [-0.15, -0.1) is 0 Å². The monoisotopic (exact) mass is 377 g/mol. The van der Waals surface area contributed by atoms with E-state index in [9.17, 15) is 0 Å². The molecule has 1 aromatic heterocycles. The number of hydrogen-bond acceptors (Lipinski definition) is 2. The first-order valence-electron chi connectivity index (χ1n) is 6.58. The van der Waals surface area contributed by atoms with Crippen LogP contribution in [-0.4, -0.2) is 15.5 Å². The summed E-state index contributed by atoms with van der Waals surface area (Å²) in [6.45, 7) is 13.3. The fourth-order valence-corrected chi connectivity index (χ4v) is 3.92. The lowest BCUT2D eigenvalue weighted by atomic mass is 9.89. The minimum Gasteiger partial charge on any atom is -0.552 e. The molecule has 0 aliphatic heterocycles. The standard InChI is InChI=1S/C14H24INOSi/c1-7(2)10-11(8(3)4)14(15)16-12(9(5)6)13(10)17-18/h7-9H,1-6,18H3. The predicted octanol–water partition coefficient (Wildman–Crippen LogP) is 3.72. The Hall–Kier alpha value is -0.103. The molecule has 1 heterocycles. The van der Waals surface area contributed by atoms with Crippen LogP contribution in [0.25, 0.3) is 0 Å². The molecule has 0 fully saturated rings. The Bertz CT molecular complexity index is 430. The van der Waals surface area contributed by atoms with Gasteiger partial charge in [0.1, 0.15) is 9.45 Å². The first-order chi connectivity index (χ1) is 8.31. The van der Waals surface area contributed by atoms with Gasteiger partial charge < -0.3 is 4.43 Å². The number of halogens is 1. The summed E-state index contributed by atoms with van der Waals surface area (Å²) in [5.41, 5.74) is 3.84. The van der Waals surface area contributed by atoms with Crippen LogP contribution < -0.4 is 4.43 Å². The average Bonchev–Trinajstić information content (AvgIpc) is 2.26. The van der Waals surface area contributed by atoms with Gasteiger partial charge in [0.25, 0.3) is 0 Å². The molecule has 1 aromatic rings. The van der Waals surface area contributed by atoms with Gasteiger partial charge in [-0.05, 0) is 45.9 Å². The zero-order valence-electron chi connectivity index (χ0n) is 12.5. The molecule has 0 bridgehead atoms. The Morgan fingerprint density at radius 3 is 1.78 bits per heavy atom. The summed E-state index contributed by atoms with van der Waals surface area (Å²) < 4.78 is 6.95. The van der Waals surface area contributed by atoms with Gasteiger partial charge in [-0.25, -0.2) is 4.98 Å². The summed E-state index contributed by atoms with van der Waals surface area (Å²) in [6, 6.07) is 0. The Morgan fingerprint density at radius 1 is 0.944 bits per heavy atom. The van der Waals surface area contributed by atoms with Gasteiger partial charge in [0.15, 0.2) is 0 Å². The van der Waals surface area contributed by atoms with Crippen LogP contribution in [0.5, 0.6) is 5.75 Å². The minimum atomic E-state index is 0.404. The van der Waals surface area contributed by atoms with Crippen LogP contribution in [0, 0.1) is 3.70 Å². The van der Waals surface area contributed by atoms with Gasteiger partial charge in [-0.3, -0.25) is 0 Å². The molecule has 0 spiro atoms. The first-order valence-corrected chi connectivity index (χ1v) is 8.47. The van der Waals surface area contributed by atoms with E-state index in [1.807, 2.05) is 0 Å². The topological polar surface area (TPSA) is 22.1 Å². The van der Waals surface area contributed by atoms with Gasteiger partial charge in [0.05, 0.1) is 5.69 Å². The van der Waals surface area contributed by atoms with Crippen molar-refractivity contribution in [2.45, 2.75) is 59.3 Å². The normalized spacial score (nSPS) is 11.9. The van der Waals surface area contributed by atoms with E-state index in [1.165, 1.54) is 11.1 Å². The van der Waals surface area contributed by atoms with Crippen LogP contribution in [0.15, 0.2) is 0 Å². The van der Waals surface area contributed by atoms with Crippen LogP contribution in [0.4, 0.5) is 0 Å². The third-order valence-corrected chi connectivity index (χ3v) is 4.34. The SMILES string of the molecule is CC(C)c1nc(I)c(C(C)C)c(C(C)C)c1O[SiH3]. The van der Waals surface area contributed by atoms with E-state index in [-0.39, 0.29) is 0 Å². The molecule has 18 heavy (non-hydrogen) atoms. The lowest BCUT2D eigenvalue weighted by molar-refractivity contribution is 0.562. The molecule has 0 unspecified atom stereocenters. The lowest BCUT2D eigenvalue weighted by Gasteiger charge is -2.24. The molecule has 0 radical (unpaired) electrons. The van der Waals surface area contributed by atoms with Gasteiger partial charge in [0, 0.05) is 5.56 Å². The second-order valence-electron chi connectivity index (χ2n) is 5.61. The second-order valence-corrected chi connectivity index (χ2v) is 7.04. The molecule has 4 heteroatoms. The van der Waals surface area contributed by atoms with E-state index < -0.39 is 0 Å². The zero-order valence-corrected chi connectivity index (χ0v) is 16.6. The van der Waals surface area contributed by atoms with Crippen LogP contribution in [0.3, 0.4) is 0 Å². The average molecular weight is 377 g/mol. The maximum Gasteiger partial charge on any atom is 0.204 e. The Balaban J connectivity index is 3.66. The van der Waals surface area contributed by atoms with Crippen molar-refractivity contribution in [3.05, 3.63) is 20.5 Å². The predicted molar refractivity (Wildman–Crippen MR) is 89.8 cm³/mol. The van der Waals surface area contributed by atoms with Gasteiger partial charge in [-0.2, -0.15) is 0 Å². The molecule has 1 rings (SSSR count). The fourth-order valence-electron chi connectivity index (χ4n) is 2.32. The molecule has 0 amide bonds. The Labute approximate surface area is 128 Å². The van der Waals surface area contributed by atoms with Crippen molar-refractivity contribution in [2.24, 2.45) is 0 Å². The summed E-state index contributed by atoms with van der Waals surface area (Å²) in [4.78, 5) is 4.79. The van der Waals surface area contributed by atoms with E-state index in [1.54, 1.807) is 0 Å². The third kappa shape index (κ3) is 3.07. The van der Waals surface area contributed by atoms with Crippen molar-refractivity contribution in [2.75, 3.05) is 0 Å². The molecular formula is C14H24INOSi. The molecule has 0 N–H and O–H groups in total. The van der Waals surface area contributed by atoms with Gasteiger partial charge >= 0.3 is 0 Å². The van der Waals surface area contributed by atoms with E-state index >= 15 is 0 Å². The summed E-state index contributed by atoms with van der Waals surface area (Å²) >= 11 is 2.37. The number of nitrogens with zero attached hydrogens (tertiary/aromatic N) is 1. The first kappa shape index (κ1) is 16.0. The third-order valence-electron chi connectivity index (χ3n) is 3.11. The number of pyridine rings is 1. The highest BCUT2D eigenvalue weighted by atomic mass is 127. The van der Waals surface area contributed by atoms with Crippen molar-refractivity contribution in [1.82, 2.24) is 4.98 Å². The number of rotatable bonds is 4. The van der Waals surface area contributed by atoms with E-state index in [2.05, 4.69) is 64.1 Å². The minimum absolute atomic E-state index is 0.404. The van der Waals surface area contributed by atoms with Crippen molar-refractivity contribution in [3.63, 3.8) is 0 Å². The van der Waals surface area contributed by atoms with Crippen LogP contribution in [0.2, 0.25) is 0 Å². The summed E-state index contributed by atoms with van der Waals surface area (Å²) in [5, 5.41) is 0. The number of hydrogen-bond donors (Lipinski definition) is 0. The second kappa shape index (κ2) is 6.37. The van der Waals surface area contributed by atoms with E-state index in [0.717, 1.165) is 15.1 Å². The van der Waals surface area contributed by atoms with Gasteiger partial charge in [0.2, 0.25) is 10.5 Å². The fraction of sp³-hybridized carbons (Fsp3) is 0.643. The van der Waals surface area contributed by atoms with Crippen LogP contribution in [-0.2, 0) is 0 Å². The molecule has 0 aliphatic rings. The van der Waals surface area contributed by atoms with Crippen molar-refractivity contribution >= 4 is 33.1 Å². The number of aromatic nitrogens is 1. The highest BCUT2D eigenvalue weighted by Gasteiger charge is 2.23. The Morgan fingerprint density at radius 2 is 1.44 bits per heavy atom. The molecule has 102 valence electrons. The molecule has 0 aromatic carbocycles. The van der Waals surface area contributed by atoms with Crippen molar-refractivity contribution in [1.29, 1.82) is 0 Å². The Kier molecular flexibility index (Phi) is 5.64. The zero-order chi connectivity index (χ0) is 14.0. The van der Waals surface area contributed by atoms with E-state index in [4.69, 9.17) is 9.41 Å². The molecule has 0 saturated heterocycles. The quantitative estimate of drug-likeness (QED) is 0.453. The van der Waals surface area contributed by atoms with Gasteiger partial charge in [-0.1, -0.05) is 41.5 Å². The van der Waals surface area contributed by atoms with Crippen molar-refractivity contribution < 1.29 is 4.43 Å². The van der Waals surface area contributed by atoms with E-state index in [0.29, 0.717) is 28.2 Å². The summed E-state index contributed by atoms with van der Waals surface area (Å²) in [7, 11) is 0.715. The maximum atomic E-state index is 5.82. The highest BCUT2D eigenvalue weighted by molar-refractivity contribution is 14.1. The molecule has 0 atom stereocenters. The van der Waals surface area contributed by atoms with Crippen LogP contribution >= 0.6 is 22.6 Å². The summed E-state index contributed by atoms with van der Waals surface area (Å²) in [6.07, 6.45) is 0. The molecule has 0 saturated carbocycles. The highest BCUT2D eigenvalue weighted by Crippen LogP contribution is 2.40. The smallest absolute Gasteiger partial charge is 0.204 e. The van der Waals surface area contributed by atoms with Crippen LogP contribution in [0.1, 0.15) is 76.1 Å².